The van der Waals surface area contributed by atoms with Crippen LogP contribution in [0.4, 0.5) is 8.78 Å². The Balaban J connectivity index is 1.78. The Labute approximate surface area is 117 Å². The zero-order valence-corrected chi connectivity index (χ0v) is 12.3. The minimum absolute atomic E-state index is 0.164. The lowest BCUT2D eigenvalue weighted by molar-refractivity contribution is 0.0810. The van der Waals surface area contributed by atoms with Crippen LogP contribution >= 0.6 is 0 Å². The van der Waals surface area contributed by atoms with E-state index in [0.717, 1.165) is 12.3 Å². The zero-order valence-electron chi connectivity index (χ0n) is 12.3. The molecule has 2 heteroatoms. The van der Waals surface area contributed by atoms with Gasteiger partial charge in [0.1, 0.15) is 0 Å². The molecular formula is C17H30F2. The maximum atomic E-state index is 12.8. The van der Waals surface area contributed by atoms with Crippen molar-refractivity contribution in [2.24, 2.45) is 17.8 Å². The average Bonchev–Trinajstić information content (AvgIpc) is 2.45. The summed E-state index contributed by atoms with van der Waals surface area (Å²) in [5.74, 6) is 1.76. The van der Waals surface area contributed by atoms with Gasteiger partial charge in [0.05, 0.1) is 0 Å². The molecular weight excluding hydrogens is 242 g/mol. The zero-order chi connectivity index (χ0) is 13.5. The van der Waals surface area contributed by atoms with Gasteiger partial charge in [-0.15, -0.1) is 0 Å². The highest BCUT2D eigenvalue weighted by Gasteiger charge is 2.27. The summed E-state index contributed by atoms with van der Waals surface area (Å²) >= 11 is 0. The lowest BCUT2D eigenvalue weighted by atomic mass is 9.74. The predicted octanol–water partition coefficient (Wildman–Crippen LogP) is 6.20. The number of hydrogen-bond acceptors (Lipinski definition) is 0. The summed E-state index contributed by atoms with van der Waals surface area (Å²) in [4.78, 5) is 0. The molecule has 2 saturated carbocycles. The molecule has 1 atom stereocenters. The fourth-order valence-corrected chi connectivity index (χ4v) is 4.31. The van der Waals surface area contributed by atoms with Gasteiger partial charge in [0.2, 0.25) is 6.43 Å². The van der Waals surface area contributed by atoms with E-state index >= 15 is 0 Å². The molecule has 0 aliphatic heterocycles. The smallest absolute Gasteiger partial charge is 0.211 e. The van der Waals surface area contributed by atoms with Crippen LogP contribution in [0, 0.1) is 17.8 Å². The van der Waals surface area contributed by atoms with E-state index in [1.807, 2.05) is 0 Å². The first-order valence-electron chi connectivity index (χ1n) is 8.54. The Morgan fingerprint density at radius 2 is 1.37 bits per heavy atom. The molecule has 1 unspecified atom stereocenters. The first kappa shape index (κ1) is 15.3. The van der Waals surface area contributed by atoms with Crippen LogP contribution in [-0.2, 0) is 0 Å². The molecule has 19 heavy (non-hydrogen) atoms. The summed E-state index contributed by atoms with van der Waals surface area (Å²) in [6, 6.07) is 0. The van der Waals surface area contributed by atoms with E-state index in [0.29, 0.717) is 11.8 Å². The number of hydrogen-bond donors (Lipinski definition) is 0. The van der Waals surface area contributed by atoms with Crippen LogP contribution < -0.4 is 0 Å². The van der Waals surface area contributed by atoms with Gasteiger partial charge in [-0.25, -0.2) is 8.78 Å². The van der Waals surface area contributed by atoms with E-state index in [-0.39, 0.29) is 6.42 Å². The molecule has 0 spiro atoms. The summed E-state index contributed by atoms with van der Waals surface area (Å²) < 4.78 is 25.6. The van der Waals surface area contributed by atoms with Gasteiger partial charge in [-0.3, -0.25) is 0 Å². The molecule has 0 aromatic carbocycles. The fourth-order valence-electron chi connectivity index (χ4n) is 4.31. The molecule has 0 bridgehead atoms. The van der Waals surface area contributed by atoms with Gasteiger partial charge in [-0.2, -0.15) is 0 Å². The second-order valence-electron chi connectivity index (χ2n) is 6.87. The molecule has 2 aliphatic carbocycles. The van der Waals surface area contributed by atoms with Crippen molar-refractivity contribution < 1.29 is 8.78 Å². The van der Waals surface area contributed by atoms with E-state index in [2.05, 4.69) is 0 Å². The molecule has 0 nitrogen and oxygen atoms in total. The normalized spacial score (nSPS) is 24.8. The highest BCUT2D eigenvalue weighted by molar-refractivity contribution is 4.77. The summed E-state index contributed by atoms with van der Waals surface area (Å²) in [5, 5.41) is 0. The van der Waals surface area contributed by atoms with E-state index in [4.69, 9.17) is 0 Å². The van der Waals surface area contributed by atoms with Crippen molar-refractivity contribution in [3.05, 3.63) is 0 Å². The molecule has 2 rings (SSSR count). The van der Waals surface area contributed by atoms with E-state index in [9.17, 15) is 8.78 Å². The van der Waals surface area contributed by atoms with Crippen molar-refractivity contribution in [1.29, 1.82) is 0 Å². The molecule has 0 aromatic heterocycles. The summed E-state index contributed by atoms with van der Waals surface area (Å²) in [6.07, 6.45) is 13.5. The van der Waals surface area contributed by atoms with Crippen molar-refractivity contribution in [3.63, 3.8) is 0 Å². The summed E-state index contributed by atoms with van der Waals surface area (Å²) in [5.41, 5.74) is 0. The molecule has 0 amide bonds. The third-order valence-corrected chi connectivity index (χ3v) is 5.47. The number of rotatable bonds is 6. The van der Waals surface area contributed by atoms with Gasteiger partial charge in [-0.1, -0.05) is 70.6 Å². The first-order chi connectivity index (χ1) is 9.25. The van der Waals surface area contributed by atoms with Crippen molar-refractivity contribution in [2.45, 2.75) is 89.9 Å². The predicted molar refractivity (Wildman–Crippen MR) is 76.5 cm³/mol. The van der Waals surface area contributed by atoms with Crippen LogP contribution in [-0.4, -0.2) is 6.43 Å². The Kier molecular flexibility index (Phi) is 6.59. The molecule has 0 radical (unpaired) electrons. The standard InChI is InChI=1S/C17H30F2/c18-17(19)13-16(15-9-5-2-6-10-15)12-11-14-7-3-1-4-8-14/h14-17H,1-13H2. The molecule has 112 valence electrons. The van der Waals surface area contributed by atoms with E-state index in [1.165, 1.54) is 70.6 Å². The molecule has 0 heterocycles. The second-order valence-corrected chi connectivity index (χ2v) is 6.87. The highest BCUT2D eigenvalue weighted by atomic mass is 19.3. The van der Waals surface area contributed by atoms with Crippen molar-refractivity contribution in [3.8, 4) is 0 Å². The molecule has 0 aromatic rings. The van der Waals surface area contributed by atoms with Crippen molar-refractivity contribution in [2.75, 3.05) is 0 Å². The average molecular weight is 272 g/mol. The van der Waals surface area contributed by atoms with Crippen molar-refractivity contribution >= 4 is 0 Å². The Morgan fingerprint density at radius 3 is 1.95 bits per heavy atom. The summed E-state index contributed by atoms with van der Waals surface area (Å²) in [6.45, 7) is 0. The van der Waals surface area contributed by atoms with Gasteiger partial charge in [0.15, 0.2) is 0 Å². The quantitative estimate of drug-likeness (QED) is 0.540. The lowest BCUT2D eigenvalue weighted by Crippen LogP contribution is -2.21. The fraction of sp³-hybridized carbons (Fsp3) is 1.00. The molecule has 0 saturated heterocycles. The van der Waals surface area contributed by atoms with Gasteiger partial charge < -0.3 is 0 Å². The van der Waals surface area contributed by atoms with E-state index < -0.39 is 6.43 Å². The van der Waals surface area contributed by atoms with Gasteiger partial charge in [0.25, 0.3) is 0 Å². The topological polar surface area (TPSA) is 0 Å². The van der Waals surface area contributed by atoms with E-state index in [1.54, 1.807) is 0 Å². The van der Waals surface area contributed by atoms with Gasteiger partial charge >= 0.3 is 0 Å². The third kappa shape index (κ3) is 5.39. The number of halogens is 2. The Bertz CT molecular complexity index is 227. The molecule has 0 N–H and O–H groups in total. The molecule has 2 fully saturated rings. The first-order valence-corrected chi connectivity index (χ1v) is 8.54. The lowest BCUT2D eigenvalue weighted by Gasteiger charge is -2.32. The highest BCUT2D eigenvalue weighted by Crippen LogP contribution is 2.38. The number of alkyl halides is 2. The maximum absolute atomic E-state index is 12.8. The Hall–Kier alpha value is -0.140. The van der Waals surface area contributed by atoms with Crippen LogP contribution in [0.5, 0.6) is 0 Å². The van der Waals surface area contributed by atoms with Gasteiger partial charge in [0, 0.05) is 6.42 Å². The van der Waals surface area contributed by atoms with Crippen LogP contribution in [0.2, 0.25) is 0 Å². The SMILES string of the molecule is FC(F)CC(CCC1CCCCC1)C1CCCCC1. The third-order valence-electron chi connectivity index (χ3n) is 5.47. The van der Waals surface area contributed by atoms with Crippen LogP contribution in [0.1, 0.15) is 83.5 Å². The second kappa shape index (κ2) is 8.21. The minimum Gasteiger partial charge on any atom is -0.211 e. The summed E-state index contributed by atoms with van der Waals surface area (Å²) in [7, 11) is 0. The maximum Gasteiger partial charge on any atom is 0.238 e. The van der Waals surface area contributed by atoms with Crippen LogP contribution in [0.25, 0.3) is 0 Å². The largest absolute Gasteiger partial charge is 0.238 e. The molecule has 2 aliphatic rings. The van der Waals surface area contributed by atoms with Crippen LogP contribution in [0.3, 0.4) is 0 Å². The van der Waals surface area contributed by atoms with Crippen LogP contribution in [0.15, 0.2) is 0 Å². The monoisotopic (exact) mass is 272 g/mol. The van der Waals surface area contributed by atoms with Gasteiger partial charge in [-0.05, 0) is 24.2 Å². The Morgan fingerprint density at radius 1 is 0.789 bits per heavy atom. The minimum atomic E-state index is -2.10. The van der Waals surface area contributed by atoms with Crippen molar-refractivity contribution in [1.82, 2.24) is 0 Å².